The number of nitrogen functional groups attached to an aromatic ring is 1. The third kappa shape index (κ3) is 2.92. The second-order valence-electron chi connectivity index (χ2n) is 4.07. The average Bonchev–Trinajstić information content (AvgIpc) is 2.83. The summed E-state index contributed by atoms with van der Waals surface area (Å²) in [6.07, 6.45) is 2.50. The molecule has 0 aliphatic heterocycles. The van der Waals surface area contributed by atoms with E-state index in [1.165, 1.54) is 16.4 Å². The zero-order valence-electron chi connectivity index (χ0n) is 12.1. The average molecular weight is 304 g/mol. The maximum atomic E-state index is 9.19. The molecule has 0 bridgehead atoms. The topological polar surface area (TPSA) is 103 Å². The minimum atomic E-state index is 0.280. The second-order valence-corrected chi connectivity index (χ2v) is 4.84. The molecule has 0 radical (unpaired) electrons. The molecular weight excluding hydrogens is 288 g/mol. The molecule has 2 aromatic rings. The van der Waals surface area contributed by atoms with E-state index < -0.39 is 0 Å². The standard InChI is InChI=1S/C13H16N6OS/c1-4-9-8(7-14)12(15)19(18-9)10-6-11(20-5-2)17-13(16-10)21-3/h6H,4-5,15H2,1-3H3. The van der Waals surface area contributed by atoms with E-state index in [9.17, 15) is 5.26 Å². The van der Waals surface area contributed by atoms with Gasteiger partial charge in [0.1, 0.15) is 17.5 Å². The highest BCUT2D eigenvalue weighted by Gasteiger charge is 2.17. The number of nitrogens with zero attached hydrogens (tertiary/aromatic N) is 5. The zero-order chi connectivity index (χ0) is 15.4. The minimum Gasteiger partial charge on any atom is -0.478 e. The third-order valence-corrected chi connectivity index (χ3v) is 3.35. The molecule has 0 atom stereocenters. The molecule has 2 rings (SSSR count). The van der Waals surface area contributed by atoms with Crippen LogP contribution in [0.1, 0.15) is 25.1 Å². The van der Waals surface area contributed by atoms with E-state index in [0.717, 1.165) is 0 Å². The van der Waals surface area contributed by atoms with Gasteiger partial charge in [0.25, 0.3) is 0 Å². The van der Waals surface area contributed by atoms with Crippen molar-refractivity contribution < 1.29 is 4.74 Å². The summed E-state index contributed by atoms with van der Waals surface area (Å²) in [4.78, 5) is 8.62. The summed E-state index contributed by atoms with van der Waals surface area (Å²) >= 11 is 1.40. The van der Waals surface area contributed by atoms with Crippen LogP contribution in [0.5, 0.6) is 5.88 Å². The third-order valence-electron chi connectivity index (χ3n) is 2.80. The number of hydrogen-bond acceptors (Lipinski definition) is 7. The summed E-state index contributed by atoms with van der Waals surface area (Å²) in [5.74, 6) is 1.23. The van der Waals surface area contributed by atoms with Gasteiger partial charge in [-0.15, -0.1) is 0 Å². The Labute approximate surface area is 127 Å². The molecule has 0 aliphatic carbocycles. The number of aryl methyl sites for hydroxylation is 1. The molecule has 0 aromatic carbocycles. The van der Waals surface area contributed by atoms with E-state index in [2.05, 4.69) is 21.1 Å². The SMILES string of the molecule is CCOc1cc(-n2nc(CC)c(C#N)c2N)nc(SC)n1. The van der Waals surface area contributed by atoms with Crippen molar-refractivity contribution in [2.24, 2.45) is 0 Å². The second kappa shape index (κ2) is 6.45. The first kappa shape index (κ1) is 15.1. The number of ether oxygens (including phenoxy) is 1. The van der Waals surface area contributed by atoms with Gasteiger partial charge in [-0.25, -0.2) is 4.98 Å². The number of thioether (sulfide) groups is 1. The fraction of sp³-hybridized carbons (Fsp3) is 0.385. The van der Waals surface area contributed by atoms with Gasteiger partial charge in [0.2, 0.25) is 5.88 Å². The molecule has 8 heteroatoms. The lowest BCUT2D eigenvalue weighted by Gasteiger charge is -2.08. The predicted molar refractivity (Wildman–Crippen MR) is 80.6 cm³/mol. The van der Waals surface area contributed by atoms with Gasteiger partial charge in [0.05, 0.1) is 12.3 Å². The Morgan fingerprint density at radius 3 is 2.71 bits per heavy atom. The molecule has 110 valence electrons. The van der Waals surface area contributed by atoms with Crippen LogP contribution < -0.4 is 10.5 Å². The van der Waals surface area contributed by atoms with Crippen molar-refractivity contribution in [2.45, 2.75) is 25.4 Å². The van der Waals surface area contributed by atoms with Gasteiger partial charge in [-0.1, -0.05) is 18.7 Å². The maximum Gasteiger partial charge on any atom is 0.219 e. The van der Waals surface area contributed by atoms with Crippen molar-refractivity contribution >= 4 is 17.6 Å². The van der Waals surface area contributed by atoms with Crippen LogP contribution >= 0.6 is 11.8 Å². The number of hydrogen-bond donors (Lipinski definition) is 1. The normalized spacial score (nSPS) is 10.4. The number of nitriles is 1. The Kier molecular flexibility index (Phi) is 4.65. The molecule has 7 nitrogen and oxygen atoms in total. The summed E-state index contributed by atoms with van der Waals surface area (Å²) in [5, 5.41) is 14.1. The summed E-state index contributed by atoms with van der Waals surface area (Å²) in [6, 6.07) is 3.75. The van der Waals surface area contributed by atoms with E-state index in [1.54, 1.807) is 6.07 Å². The van der Waals surface area contributed by atoms with E-state index in [0.29, 0.717) is 41.1 Å². The Morgan fingerprint density at radius 2 is 2.19 bits per heavy atom. The van der Waals surface area contributed by atoms with E-state index >= 15 is 0 Å². The lowest BCUT2D eigenvalue weighted by molar-refractivity contribution is 0.322. The summed E-state index contributed by atoms with van der Waals surface area (Å²) in [6.45, 7) is 4.31. The van der Waals surface area contributed by atoms with Gasteiger partial charge in [-0.05, 0) is 19.6 Å². The Bertz CT molecular complexity index is 691. The monoisotopic (exact) mass is 304 g/mol. The smallest absolute Gasteiger partial charge is 0.219 e. The van der Waals surface area contributed by atoms with Crippen LogP contribution in [0.25, 0.3) is 5.82 Å². The molecule has 2 N–H and O–H groups in total. The number of nitrogens with two attached hydrogens (primary N) is 1. The van der Waals surface area contributed by atoms with E-state index in [4.69, 9.17) is 10.5 Å². The maximum absolute atomic E-state index is 9.19. The predicted octanol–water partition coefficient (Wildman–Crippen LogP) is 1.80. The first-order chi connectivity index (χ1) is 10.1. The van der Waals surface area contributed by atoms with Gasteiger partial charge in [-0.3, -0.25) is 0 Å². The Hall–Kier alpha value is -2.27. The van der Waals surface area contributed by atoms with Crippen molar-refractivity contribution in [1.29, 1.82) is 5.26 Å². The van der Waals surface area contributed by atoms with Crippen LogP contribution in [-0.2, 0) is 6.42 Å². The van der Waals surface area contributed by atoms with Crippen LogP contribution in [0.15, 0.2) is 11.2 Å². The van der Waals surface area contributed by atoms with Crippen molar-refractivity contribution in [3.05, 3.63) is 17.3 Å². The number of rotatable bonds is 5. The summed E-state index contributed by atoms with van der Waals surface area (Å²) in [5.41, 5.74) is 7.05. The highest BCUT2D eigenvalue weighted by molar-refractivity contribution is 7.98. The van der Waals surface area contributed by atoms with Crippen LogP contribution in [0.3, 0.4) is 0 Å². The highest BCUT2D eigenvalue weighted by atomic mass is 32.2. The molecule has 21 heavy (non-hydrogen) atoms. The largest absolute Gasteiger partial charge is 0.478 e. The molecule has 2 heterocycles. The van der Waals surface area contributed by atoms with Crippen molar-refractivity contribution in [3.63, 3.8) is 0 Å². The molecule has 0 spiro atoms. The molecular formula is C13H16N6OS. The van der Waals surface area contributed by atoms with Crippen LogP contribution in [0.2, 0.25) is 0 Å². The van der Waals surface area contributed by atoms with Gasteiger partial charge in [-0.2, -0.15) is 20.0 Å². The van der Waals surface area contributed by atoms with Crippen molar-refractivity contribution in [1.82, 2.24) is 19.7 Å². The van der Waals surface area contributed by atoms with Crippen LogP contribution in [0.4, 0.5) is 5.82 Å². The zero-order valence-corrected chi connectivity index (χ0v) is 12.9. The minimum absolute atomic E-state index is 0.280. The summed E-state index contributed by atoms with van der Waals surface area (Å²) in [7, 11) is 0. The van der Waals surface area contributed by atoms with Gasteiger partial charge in [0, 0.05) is 6.07 Å². The molecule has 0 amide bonds. The Balaban J connectivity index is 2.58. The van der Waals surface area contributed by atoms with E-state index in [1.807, 2.05) is 20.1 Å². The fourth-order valence-electron chi connectivity index (χ4n) is 1.84. The van der Waals surface area contributed by atoms with Gasteiger partial charge >= 0.3 is 0 Å². The fourth-order valence-corrected chi connectivity index (χ4v) is 2.20. The summed E-state index contributed by atoms with van der Waals surface area (Å²) < 4.78 is 6.89. The molecule has 0 aliphatic rings. The van der Waals surface area contributed by atoms with Crippen LogP contribution in [-0.4, -0.2) is 32.6 Å². The van der Waals surface area contributed by atoms with Crippen molar-refractivity contribution in [3.8, 4) is 17.8 Å². The van der Waals surface area contributed by atoms with E-state index in [-0.39, 0.29) is 5.82 Å². The van der Waals surface area contributed by atoms with Gasteiger partial charge in [0.15, 0.2) is 11.0 Å². The molecule has 0 saturated carbocycles. The number of anilines is 1. The van der Waals surface area contributed by atoms with Crippen molar-refractivity contribution in [2.75, 3.05) is 18.6 Å². The van der Waals surface area contributed by atoms with Crippen LogP contribution in [0, 0.1) is 11.3 Å². The Morgan fingerprint density at radius 1 is 1.43 bits per heavy atom. The first-order valence-electron chi connectivity index (χ1n) is 6.48. The quantitative estimate of drug-likeness (QED) is 0.663. The highest BCUT2D eigenvalue weighted by Crippen LogP contribution is 2.23. The molecule has 2 aromatic heterocycles. The molecule has 0 saturated heterocycles. The molecule has 0 fully saturated rings. The lowest BCUT2D eigenvalue weighted by Crippen LogP contribution is -2.07. The lowest BCUT2D eigenvalue weighted by atomic mass is 10.2. The number of aromatic nitrogens is 4. The molecule has 0 unspecified atom stereocenters. The first-order valence-corrected chi connectivity index (χ1v) is 7.70. The van der Waals surface area contributed by atoms with Gasteiger partial charge < -0.3 is 10.5 Å².